The number of methoxy groups -OCH3 is 1. The molecule has 0 saturated carbocycles. The molecule has 0 aliphatic carbocycles. The maximum absolute atomic E-state index is 14.3. The number of nitrogens with one attached hydrogen (secondary N) is 3. The Balaban J connectivity index is 1.32. The summed E-state index contributed by atoms with van der Waals surface area (Å²) in [6.45, 7) is 0.475. The van der Waals surface area contributed by atoms with Crippen LogP contribution in [0.5, 0.6) is 5.75 Å². The van der Waals surface area contributed by atoms with Gasteiger partial charge in [0.15, 0.2) is 0 Å². The van der Waals surface area contributed by atoms with Gasteiger partial charge in [-0.05, 0) is 90.4 Å². The van der Waals surface area contributed by atoms with Crippen LogP contribution in [0.4, 0.5) is 10.1 Å². The number of aliphatic hydroxyl groups excluding tert-OH is 1. The standard InChI is InChI=1S/C42H45FN4O4/c1-51-36-25-21-34(22-26-36)42(32-13-4-2-5-14-32,33-15-6-3-7-16-33)45-27-11-10-18-39(41(50)46-35-23-19-30(29-48)20-24-35)47-40(49)38(44)28-31-12-8-9-17-37(31)43/h2-9,12-17,19-26,38-39,45,48H,10-11,18,27-29,44H2,1H3,(H,46,50)(H,47,49)/t38-,39-/m0/s1. The molecular weight excluding hydrogens is 643 g/mol. The molecule has 9 heteroatoms. The molecule has 0 bridgehead atoms. The minimum absolute atomic E-state index is 0.00813. The van der Waals surface area contributed by atoms with E-state index in [0.717, 1.165) is 22.4 Å². The van der Waals surface area contributed by atoms with Crippen molar-refractivity contribution in [1.82, 2.24) is 10.6 Å². The van der Waals surface area contributed by atoms with E-state index in [4.69, 9.17) is 10.5 Å². The number of hydrogen-bond donors (Lipinski definition) is 5. The molecule has 5 aromatic carbocycles. The van der Waals surface area contributed by atoms with Gasteiger partial charge in [0.1, 0.15) is 17.6 Å². The van der Waals surface area contributed by atoms with Crippen LogP contribution in [0.25, 0.3) is 0 Å². The Hall–Kier alpha value is -5.35. The second-order valence-corrected chi connectivity index (χ2v) is 12.4. The van der Waals surface area contributed by atoms with Crippen LogP contribution in [0.2, 0.25) is 0 Å². The number of halogens is 1. The number of amides is 2. The molecule has 0 spiro atoms. The molecule has 264 valence electrons. The number of ether oxygens (including phenoxy) is 1. The van der Waals surface area contributed by atoms with E-state index in [-0.39, 0.29) is 13.0 Å². The monoisotopic (exact) mass is 688 g/mol. The molecule has 0 heterocycles. The van der Waals surface area contributed by atoms with Crippen LogP contribution in [0.1, 0.15) is 47.1 Å². The van der Waals surface area contributed by atoms with Crippen LogP contribution >= 0.6 is 0 Å². The lowest BCUT2D eigenvalue weighted by molar-refractivity contribution is -0.127. The van der Waals surface area contributed by atoms with E-state index >= 15 is 0 Å². The Morgan fingerprint density at radius 1 is 0.765 bits per heavy atom. The van der Waals surface area contributed by atoms with Crippen LogP contribution in [0.15, 0.2) is 133 Å². The summed E-state index contributed by atoms with van der Waals surface area (Å²) in [5.41, 5.74) is 10.3. The zero-order valence-electron chi connectivity index (χ0n) is 28.7. The Morgan fingerprint density at radius 2 is 1.35 bits per heavy atom. The van der Waals surface area contributed by atoms with Gasteiger partial charge in [-0.15, -0.1) is 0 Å². The molecule has 2 amide bonds. The Bertz CT molecular complexity index is 1800. The smallest absolute Gasteiger partial charge is 0.246 e. The van der Waals surface area contributed by atoms with E-state index in [1.165, 1.54) is 6.07 Å². The first kappa shape index (κ1) is 36.9. The van der Waals surface area contributed by atoms with Gasteiger partial charge in [0.05, 0.1) is 25.3 Å². The van der Waals surface area contributed by atoms with Crippen LogP contribution in [0.3, 0.4) is 0 Å². The third-order valence-corrected chi connectivity index (χ3v) is 9.02. The van der Waals surface area contributed by atoms with E-state index in [9.17, 15) is 19.1 Å². The molecule has 6 N–H and O–H groups in total. The van der Waals surface area contributed by atoms with Crippen molar-refractivity contribution in [3.05, 3.63) is 167 Å². The molecule has 0 fully saturated rings. The second-order valence-electron chi connectivity index (χ2n) is 12.4. The molecule has 5 rings (SSSR count). The van der Waals surface area contributed by atoms with E-state index in [1.807, 2.05) is 48.5 Å². The molecule has 0 aliphatic heterocycles. The largest absolute Gasteiger partial charge is 0.497 e. The molecule has 2 atom stereocenters. The van der Waals surface area contributed by atoms with E-state index in [0.29, 0.717) is 42.6 Å². The number of nitrogens with two attached hydrogens (primary N) is 1. The highest BCUT2D eigenvalue weighted by atomic mass is 19.1. The molecule has 0 radical (unpaired) electrons. The van der Waals surface area contributed by atoms with E-state index in [1.54, 1.807) is 49.6 Å². The van der Waals surface area contributed by atoms with Gasteiger partial charge in [0, 0.05) is 5.69 Å². The van der Waals surface area contributed by atoms with Crippen molar-refractivity contribution in [2.24, 2.45) is 5.73 Å². The van der Waals surface area contributed by atoms with Gasteiger partial charge in [-0.2, -0.15) is 0 Å². The lowest BCUT2D eigenvalue weighted by atomic mass is 9.77. The molecular formula is C42H45FN4O4. The maximum atomic E-state index is 14.3. The summed E-state index contributed by atoms with van der Waals surface area (Å²) in [5.74, 6) is -0.616. The fourth-order valence-electron chi connectivity index (χ4n) is 6.24. The zero-order chi connectivity index (χ0) is 36.1. The van der Waals surface area contributed by atoms with E-state index < -0.39 is 35.3 Å². The molecule has 8 nitrogen and oxygen atoms in total. The minimum atomic E-state index is -1.05. The number of hydrogen-bond acceptors (Lipinski definition) is 6. The van der Waals surface area contributed by atoms with Gasteiger partial charge in [-0.25, -0.2) is 4.39 Å². The number of anilines is 1. The predicted molar refractivity (Wildman–Crippen MR) is 199 cm³/mol. The third-order valence-electron chi connectivity index (χ3n) is 9.02. The van der Waals surface area contributed by atoms with Crippen LogP contribution in [0, 0.1) is 5.82 Å². The summed E-state index contributed by atoms with van der Waals surface area (Å²) < 4.78 is 19.8. The number of carbonyl (C=O) groups is 2. The zero-order valence-corrected chi connectivity index (χ0v) is 28.7. The summed E-state index contributed by atoms with van der Waals surface area (Å²) in [4.78, 5) is 26.8. The Morgan fingerprint density at radius 3 is 1.94 bits per heavy atom. The summed E-state index contributed by atoms with van der Waals surface area (Å²) in [6, 6.07) is 39.6. The summed E-state index contributed by atoms with van der Waals surface area (Å²) in [5, 5.41) is 19.0. The number of benzene rings is 5. The van der Waals surface area contributed by atoms with Crippen LogP contribution in [-0.4, -0.2) is 42.7 Å². The quantitative estimate of drug-likeness (QED) is 0.0597. The van der Waals surface area contributed by atoms with Gasteiger partial charge >= 0.3 is 0 Å². The molecule has 5 aromatic rings. The van der Waals surface area contributed by atoms with Crippen molar-refractivity contribution in [2.45, 2.75) is 49.9 Å². The van der Waals surface area contributed by atoms with Gasteiger partial charge in [-0.1, -0.05) is 103 Å². The third kappa shape index (κ3) is 9.46. The van der Waals surface area contributed by atoms with Crippen molar-refractivity contribution in [3.8, 4) is 5.75 Å². The SMILES string of the molecule is COc1ccc(C(NCCCC[C@H](NC(=O)[C@@H](N)Cc2ccccc2F)C(=O)Nc2ccc(CO)cc2)(c2ccccc2)c2ccccc2)cc1. The fraction of sp³-hybridized carbons (Fsp3) is 0.238. The second kappa shape index (κ2) is 18.1. The van der Waals surface area contributed by atoms with Crippen LogP contribution in [-0.2, 0) is 28.2 Å². The van der Waals surface area contributed by atoms with E-state index in [2.05, 4.69) is 52.3 Å². The van der Waals surface area contributed by atoms with Crippen molar-refractivity contribution >= 4 is 17.5 Å². The first-order valence-corrected chi connectivity index (χ1v) is 17.1. The molecule has 0 aromatic heterocycles. The van der Waals surface area contributed by atoms with Crippen molar-refractivity contribution < 1.29 is 23.8 Å². The van der Waals surface area contributed by atoms with Crippen molar-refractivity contribution in [2.75, 3.05) is 19.0 Å². The first-order chi connectivity index (χ1) is 24.8. The number of rotatable bonds is 17. The maximum Gasteiger partial charge on any atom is 0.246 e. The topological polar surface area (TPSA) is 126 Å². The summed E-state index contributed by atoms with van der Waals surface area (Å²) >= 11 is 0. The average Bonchev–Trinajstić information content (AvgIpc) is 3.17. The number of unbranched alkanes of at least 4 members (excludes halogenated alkanes) is 1. The van der Waals surface area contributed by atoms with Gasteiger partial charge in [0.2, 0.25) is 11.8 Å². The van der Waals surface area contributed by atoms with Crippen molar-refractivity contribution in [1.29, 1.82) is 0 Å². The van der Waals surface area contributed by atoms with Crippen molar-refractivity contribution in [3.63, 3.8) is 0 Å². The number of aliphatic hydroxyl groups is 1. The predicted octanol–water partition coefficient (Wildman–Crippen LogP) is 6.07. The summed E-state index contributed by atoms with van der Waals surface area (Å²) in [7, 11) is 1.65. The van der Waals surface area contributed by atoms with Gasteiger partial charge < -0.3 is 26.2 Å². The Kier molecular flexibility index (Phi) is 13.1. The fourth-order valence-corrected chi connectivity index (χ4v) is 6.24. The Labute approximate surface area is 298 Å². The van der Waals surface area contributed by atoms with Gasteiger partial charge in [0.25, 0.3) is 0 Å². The van der Waals surface area contributed by atoms with Crippen LogP contribution < -0.4 is 26.4 Å². The molecule has 51 heavy (non-hydrogen) atoms. The number of carbonyl (C=O) groups excluding carboxylic acids is 2. The molecule has 0 unspecified atom stereocenters. The highest BCUT2D eigenvalue weighted by molar-refractivity contribution is 5.97. The highest BCUT2D eigenvalue weighted by Gasteiger charge is 2.36. The van der Waals surface area contributed by atoms with Gasteiger partial charge in [-0.3, -0.25) is 14.9 Å². The lowest BCUT2D eigenvalue weighted by Crippen LogP contribution is -2.50. The molecule has 0 aliphatic rings. The average molecular weight is 689 g/mol. The summed E-state index contributed by atoms with van der Waals surface area (Å²) in [6.07, 6.45) is 1.61. The minimum Gasteiger partial charge on any atom is -0.497 e. The molecule has 0 saturated heterocycles. The normalized spacial score (nSPS) is 12.5. The first-order valence-electron chi connectivity index (χ1n) is 17.1. The highest BCUT2D eigenvalue weighted by Crippen LogP contribution is 2.37. The lowest BCUT2D eigenvalue weighted by Gasteiger charge is -2.37.